The molecule has 0 saturated heterocycles. The molecule has 0 fully saturated rings. The molecule has 0 radical (unpaired) electrons. The molecule has 0 unspecified atom stereocenters. The zero-order chi connectivity index (χ0) is 13.1. The number of aryl methyl sites for hydroxylation is 1. The number of amides is 2. The third-order valence-corrected chi connectivity index (χ3v) is 3.58. The Morgan fingerprint density at radius 1 is 1.22 bits per heavy atom. The number of halogens is 2. The van der Waals surface area contributed by atoms with E-state index >= 15 is 0 Å². The average molecular weight is 302 g/mol. The highest BCUT2D eigenvalue weighted by Gasteiger charge is 2.06. The van der Waals surface area contributed by atoms with E-state index in [1.807, 2.05) is 6.92 Å². The van der Waals surface area contributed by atoms with Gasteiger partial charge in [-0.3, -0.25) is 5.32 Å². The second-order valence-electron chi connectivity index (χ2n) is 3.54. The smallest absolute Gasteiger partial charge is 0.308 e. The minimum Gasteiger partial charge on any atom is -0.308 e. The molecule has 0 bridgehead atoms. The fourth-order valence-corrected chi connectivity index (χ4v) is 2.23. The van der Waals surface area contributed by atoms with Gasteiger partial charge in [0, 0.05) is 5.69 Å². The Balaban J connectivity index is 2.00. The number of hydrogen-bond acceptors (Lipinski definition) is 3. The lowest BCUT2D eigenvalue weighted by Crippen LogP contribution is -2.18. The summed E-state index contributed by atoms with van der Waals surface area (Å²) in [4.78, 5) is 11.7. The summed E-state index contributed by atoms with van der Waals surface area (Å²) in [6.45, 7) is 1.86. The Bertz CT molecular complexity index is 585. The summed E-state index contributed by atoms with van der Waals surface area (Å²) in [6, 6.07) is 6.32. The van der Waals surface area contributed by atoms with Gasteiger partial charge in [-0.15, -0.1) is 0 Å². The Kier molecular flexibility index (Phi) is 4.06. The molecule has 2 aromatic rings. The third kappa shape index (κ3) is 3.35. The molecule has 2 N–H and O–H groups in total. The topological polar surface area (TPSA) is 54.0 Å². The van der Waals surface area contributed by atoms with Gasteiger partial charge in [0.25, 0.3) is 0 Å². The van der Waals surface area contributed by atoms with Gasteiger partial charge in [0.15, 0.2) is 0 Å². The predicted octanol–water partition coefficient (Wildman–Crippen LogP) is 4.40. The highest BCUT2D eigenvalue weighted by atomic mass is 35.5. The summed E-state index contributed by atoms with van der Waals surface area (Å²) in [6.07, 6.45) is 0. The SMILES string of the molecule is Cc1cc(NC(=O)Nc2ccc(Cl)c(Cl)c2)sn1. The summed E-state index contributed by atoms with van der Waals surface area (Å²) in [5.74, 6) is 0. The normalized spacial score (nSPS) is 10.2. The summed E-state index contributed by atoms with van der Waals surface area (Å²) in [7, 11) is 0. The van der Waals surface area contributed by atoms with Gasteiger partial charge >= 0.3 is 6.03 Å². The van der Waals surface area contributed by atoms with Crippen molar-refractivity contribution in [3.05, 3.63) is 40.0 Å². The van der Waals surface area contributed by atoms with E-state index in [1.165, 1.54) is 11.5 Å². The van der Waals surface area contributed by atoms with Crippen LogP contribution in [0.3, 0.4) is 0 Å². The number of urea groups is 1. The molecular formula is C11H9Cl2N3OS. The van der Waals surface area contributed by atoms with Gasteiger partial charge in [-0.25, -0.2) is 4.79 Å². The van der Waals surface area contributed by atoms with Crippen molar-refractivity contribution in [2.45, 2.75) is 6.92 Å². The number of nitrogens with zero attached hydrogens (tertiary/aromatic N) is 1. The molecule has 7 heteroatoms. The maximum Gasteiger partial charge on any atom is 0.324 e. The maximum atomic E-state index is 11.7. The molecule has 4 nitrogen and oxygen atoms in total. The van der Waals surface area contributed by atoms with Crippen molar-refractivity contribution >= 4 is 51.5 Å². The first kappa shape index (κ1) is 13.1. The molecule has 0 atom stereocenters. The first-order valence-electron chi connectivity index (χ1n) is 5.01. The zero-order valence-corrected chi connectivity index (χ0v) is 11.7. The molecule has 0 aliphatic heterocycles. The van der Waals surface area contributed by atoms with Crippen LogP contribution in [0.15, 0.2) is 24.3 Å². The van der Waals surface area contributed by atoms with Gasteiger partial charge in [0.2, 0.25) is 0 Å². The van der Waals surface area contributed by atoms with E-state index in [-0.39, 0.29) is 6.03 Å². The molecule has 0 spiro atoms. The maximum absolute atomic E-state index is 11.7. The second-order valence-corrected chi connectivity index (χ2v) is 5.16. The number of aromatic nitrogens is 1. The molecule has 18 heavy (non-hydrogen) atoms. The third-order valence-electron chi connectivity index (χ3n) is 2.04. The standard InChI is InChI=1S/C11H9Cl2N3OS/c1-6-4-10(18-16-6)15-11(17)14-7-2-3-8(12)9(13)5-7/h2-5H,1H3,(H2,14,15,17). The summed E-state index contributed by atoms with van der Waals surface area (Å²) < 4.78 is 4.06. The lowest BCUT2D eigenvalue weighted by atomic mass is 10.3. The van der Waals surface area contributed by atoms with Crippen LogP contribution in [0.2, 0.25) is 10.0 Å². The molecule has 0 aliphatic rings. The number of anilines is 2. The summed E-state index contributed by atoms with van der Waals surface area (Å²) >= 11 is 12.9. The highest BCUT2D eigenvalue weighted by molar-refractivity contribution is 7.10. The van der Waals surface area contributed by atoms with Gasteiger partial charge in [0.05, 0.1) is 15.7 Å². The van der Waals surface area contributed by atoms with Crippen LogP contribution in [0, 0.1) is 6.92 Å². The fraction of sp³-hybridized carbons (Fsp3) is 0.0909. The Labute approximate surface area is 118 Å². The number of carbonyl (C=O) groups is 1. The average Bonchev–Trinajstić information content (AvgIpc) is 2.69. The molecule has 1 aromatic heterocycles. The van der Waals surface area contributed by atoms with Crippen molar-refractivity contribution in [2.75, 3.05) is 10.6 Å². The monoisotopic (exact) mass is 301 g/mol. The first-order chi connectivity index (χ1) is 8.54. The van der Waals surface area contributed by atoms with Crippen molar-refractivity contribution in [1.29, 1.82) is 0 Å². The van der Waals surface area contributed by atoms with E-state index < -0.39 is 0 Å². The van der Waals surface area contributed by atoms with Crippen molar-refractivity contribution in [3.63, 3.8) is 0 Å². The Morgan fingerprint density at radius 2 is 2.00 bits per heavy atom. The second kappa shape index (κ2) is 5.56. The van der Waals surface area contributed by atoms with Gasteiger partial charge in [-0.05, 0) is 42.7 Å². The molecule has 1 heterocycles. The Hall–Kier alpha value is -1.30. The number of carbonyl (C=O) groups excluding carboxylic acids is 1. The minimum atomic E-state index is -0.350. The predicted molar refractivity (Wildman–Crippen MR) is 76.0 cm³/mol. The molecule has 94 valence electrons. The van der Waals surface area contributed by atoms with Crippen LogP contribution >= 0.6 is 34.7 Å². The largest absolute Gasteiger partial charge is 0.324 e. The van der Waals surface area contributed by atoms with E-state index in [4.69, 9.17) is 23.2 Å². The molecule has 0 aliphatic carbocycles. The van der Waals surface area contributed by atoms with Gasteiger partial charge in [0.1, 0.15) is 5.00 Å². The van der Waals surface area contributed by atoms with Crippen LogP contribution in [-0.4, -0.2) is 10.4 Å². The number of nitrogens with one attached hydrogen (secondary N) is 2. The van der Waals surface area contributed by atoms with E-state index in [2.05, 4.69) is 15.0 Å². The lowest BCUT2D eigenvalue weighted by molar-refractivity contribution is 0.262. The minimum absolute atomic E-state index is 0.350. The van der Waals surface area contributed by atoms with Crippen molar-refractivity contribution < 1.29 is 4.79 Å². The molecule has 0 saturated carbocycles. The number of benzene rings is 1. The molecular weight excluding hydrogens is 293 g/mol. The molecule has 2 rings (SSSR count). The van der Waals surface area contributed by atoms with Crippen molar-refractivity contribution in [2.24, 2.45) is 0 Å². The Morgan fingerprint density at radius 3 is 2.61 bits per heavy atom. The number of hydrogen-bond donors (Lipinski definition) is 2. The van der Waals surface area contributed by atoms with Crippen LogP contribution in [-0.2, 0) is 0 Å². The fourth-order valence-electron chi connectivity index (χ4n) is 1.27. The van der Waals surface area contributed by atoms with E-state index in [0.29, 0.717) is 20.7 Å². The van der Waals surface area contributed by atoms with E-state index in [1.54, 1.807) is 24.3 Å². The lowest BCUT2D eigenvalue weighted by Gasteiger charge is -2.06. The highest BCUT2D eigenvalue weighted by Crippen LogP contribution is 2.25. The van der Waals surface area contributed by atoms with Gasteiger partial charge in [-0.2, -0.15) is 4.37 Å². The van der Waals surface area contributed by atoms with Crippen LogP contribution in [0.25, 0.3) is 0 Å². The summed E-state index contributed by atoms with van der Waals surface area (Å²) in [5, 5.41) is 6.85. The molecule has 2 amide bonds. The van der Waals surface area contributed by atoms with E-state index in [0.717, 1.165) is 5.69 Å². The van der Waals surface area contributed by atoms with Crippen LogP contribution in [0.1, 0.15) is 5.69 Å². The van der Waals surface area contributed by atoms with Gasteiger partial charge < -0.3 is 5.32 Å². The van der Waals surface area contributed by atoms with Gasteiger partial charge in [-0.1, -0.05) is 23.2 Å². The quantitative estimate of drug-likeness (QED) is 0.863. The van der Waals surface area contributed by atoms with Crippen LogP contribution in [0.5, 0.6) is 0 Å². The zero-order valence-electron chi connectivity index (χ0n) is 9.33. The van der Waals surface area contributed by atoms with E-state index in [9.17, 15) is 4.79 Å². The first-order valence-corrected chi connectivity index (χ1v) is 6.54. The molecule has 1 aromatic carbocycles. The van der Waals surface area contributed by atoms with Crippen molar-refractivity contribution in [3.8, 4) is 0 Å². The van der Waals surface area contributed by atoms with Crippen LogP contribution < -0.4 is 10.6 Å². The summed E-state index contributed by atoms with van der Waals surface area (Å²) in [5.41, 5.74) is 1.44. The number of rotatable bonds is 2. The van der Waals surface area contributed by atoms with Crippen molar-refractivity contribution in [1.82, 2.24) is 4.37 Å². The van der Waals surface area contributed by atoms with Crippen LogP contribution in [0.4, 0.5) is 15.5 Å².